The van der Waals surface area contributed by atoms with Crippen LogP contribution in [0, 0.1) is 17.0 Å². The highest BCUT2D eigenvalue weighted by atomic mass is 16.6. The van der Waals surface area contributed by atoms with Gasteiger partial charge in [0.1, 0.15) is 0 Å². The quantitative estimate of drug-likeness (QED) is 0.664. The Kier molecular flexibility index (Phi) is 4.09. The van der Waals surface area contributed by atoms with Gasteiger partial charge in [-0.25, -0.2) is 0 Å². The fourth-order valence-electron chi connectivity index (χ4n) is 1.89. The lowest BCUT2D eigenvalue weighted by atomic mass is 10.1. The summed E-state index contributed by atoms with van der Waals surface area (Å²) in [6.07, 6.45) is 1.67. The Balaban J connectivity index is 2.36. The molecule has 0 aliphatic rings. The van der Waals surface area contributed by atoms with Gasteiger partial charge in [0.25, 0.3) is 11.6 Å². The molecular formula is C13H16N4O3. The molecule has 2 aromatic rings. The molecular weight excluding hydrogens is 260 g/mol. The molecule has 2 N–H and O–H groups in total. The standard InChI is InChI=1S/C13H16N4O3/c1-3-4-11(14)12-15-13(20-16-12)10-7-9(17(18)19)6-5-8(10)2/h5-7,11H,3-4,14H2,1-2H3. The maximum absolute atomic E-state index is 10.8. The predicted octanol–water partition coefficient (Wildman–Crippen LogP) is 2.75. The van der Waals surface area contributed by atoms with Crippen molar-refractivity contribution in [3.05, 3.63) is 39.7 Å². The van der Waals surface area contributed by atoms with Crippen LogP contribution in [0.5, 0.6) is 0 Å². The first-order valence-electron chi connectivity index (χ1n) is 6.37. The van der Waals surface area contributed by atoms with Crippen LogP contribution in [0.25, 0.3) is 11.5 Å². The topological polar surface area (TPSA) is 108 Å². The monoisotopic (exact) mass is 276 g/mol. The summed E-state index contributed by atoms with van der Waals surface area (Å²) in [5.74, 6) is 0.681. The van der Waals surface area contributed by atoms with Crippen LogP contribution in [0.2, 0.25) is 0 Å². The van der Waals surface area contributed by atoms with Crippen LogP contribution in [-0.2, 0) is 0 Å². The van der Waals surface area contributed by atoms with Gasteiger partial charge in [0, 0.05) is 17.7 Å². The molecule has 0 fully saturated rings. The Hall–Kier alpha value is -2.28. The van der Waals surface area contributed by atoms with Crippen molar-refractivity contribution < 1.29 is 9.45 Å². The lowest BCUT2D eigenvalue weighted by Gasteiger charge is -2.03. The van der Waals surface area contributed by atoms with Crippen molar-refractivity contribution in [1.29, 1.82) is 0 Å². The average molecular weight is 276 g/mol. The molecule has 0 saturated heterocycles. The zero-order valence-corrected chi connectivity index (χ0v) is 11.4. The largest absolute Gasteiger partial charge is 0.334 e. The number of benzene rings is 1. The second kappa shape index (κ2) is 5.79. The van der Waals surface area contributed by atoms with Crippen molar-refractivity contribution in [2.24, 2.45) is 5.73 Å². The summed E-state index contributed by atoms with van der Waals surface area (Å²) >= 11 is 0. The van der Waals surface area contributed by atoms with Gasteiger partial charge in [-0.15, -0.1) is 0 Å². The van der Waals surface area contributed by atoms with Crippen LogP contribution >= 0.6 is 0 Å². The van der Waals surface area contributed by atoms with Crippen molar-refractivity contribution in [3.8, 4) is 11.5 Å². The second-order valence-corrected chi connectivity index (χ2v) is 4.61. The number of aromatic nitrogens is 2. The Morgan fingerprint density at radius 2 is 2.25 bits per heavy atom. The summed E-state index contributed by atoms with van der Waals surface area (Å²) in [6.45, 7) is 3.85. The summed E-state index contributed by atoms with van der Waals surface area (Å²) in [6, 6.07) is 4.25. The molecule has 106 valence electrons. The van der Waals surface area contributed by atoms with Gasteiger partial charge in [0.2, 0.25) is 0 Å². The normalized spacial score (nSPS) is 12.3. The first-order valence-corrected chi connectivity index (χ1v) is 6.37. The zero-order valence-electron chi connectivity index (χ0n) is 11.4. The van der Waals surface area contributed by atoms with Gasteiger partial charge >= 0.3 is 0 Å². The van der Waals surface area contributed by atoms with E-state index in [2.05, 4.69) is 10.1 Å². The fraction of sp³-hybridized carbons (Fsp3) is 0.385. The van der Waals surface area contributed by atoms with Crippen LogP contribution in [0.4, 0.5) is 5.69 Å². The smallest absolute Gasteiger partial charge is 0.270 e. The zero-order chi connectivity index (χ0) is 14.7. The Morgan fingerprint density at radius 1 is 1.50 bits per heavy atom. The minimum Gasteiger partial charge on any atom is -0.334 e. The van der Waals surface area contributed by atoms with Gasteiger partial charge in [0.05, 0.1) is 11.0 Å². The summed E-state index contributed by atoms with van der Waals surface area (Å²) in [4.78, 5) is 14.6. The lowest BCUT2D eigenvalue weighted by molar-refractivity contribution is -0.384. The minimum absolute atomic E-state index is 0.0109. The Labute approximate surface area is 115 Å². The Bertz CT molecular complexity index is 624. The Morgan fingerprint density at radius 3 is 2.90 bits per heavy atom. The van der Waals surface area contributed by atoms with E-state index in [0.29, 0.717) is 11.4 Å². The lowest BCUT2D eigenvalue weighted by Crippen LogP contribution is -2.11. The highest BCUT2D eigenvalue weighted by Crippen LogP contribution is 2.27. The van der Waals surface area contributed by atoms with Crippen molar-refractivity contribution in [2.45, 2.75) is 32.7 Å². The summed E-state index contributed by atoms with van der Waals surface area (Å²) < 4.78 is 5.17. The fourth-order valence-corrected chi connectivity index (χ4v) is 1.89. The number of nitro groups is 1. The highest BCUT2D eigenvalue weighted by molar-refractivity contribution is 5.62. The van der Waals surface area contributed by atoms with Gasteiger partial charge in [-0.2, -0.15) is 4.98 Å². The number of rotatable bonds is 5. The minimum atomic E-state index is -0.455. The van der Waals surface area contributed by atoms with Crippen molar-refractivity contribution in [3.63, 3.8) is 0 Å². The van der Waals surface area contributed by atoms with E-state index < -0.39 is 4.92 Å². The number of hydrogen-bond donors (Lipinski definition) is 1. The first-order chi connectivity index (χ1) is 9.52. The molecule has 0 amide bonds. The number of nitro benzene ring substituents is 1. The third-order valence-electron chi connectivity index (χ3n) is 3.04. The number of nitrogens with two attached hydrogens (primary N) is 1. The molecule has 0 saturated carbocycles. The van der Waals surface area contributed by atoms with Crippen molar-refractivity contribution >= 4 is 5.69 Å². The van der Waals surface area contributed by atoms with E-state index >= 15 is 0 Å². The molecule has 7 heteroatoms. The van der Waals surface area contributed by atoms with Crippen LogP contribution < -0.4 is 5.73 Å². The van der Waals surface area contributed by atoms with E-state index in [1.54, 1.807) is 6.07 Å². The number of aryl methyl sites for hydroxylation is 1. The second-order valence-electron chi connectivity index (χ2n) is 4.61. The molecule has 0 spiro atoms. The van der Waals surface area contributed by atoms with Crippen LogP contribution in [0.15, 0.2) is 22.7 Å². The summed E-state index contributed by atoms with van der Waals surface area (Å²) in [7, 11) is 0. The molecule has 1 unspecified atom stereocenters. The number of nitrogens with zero attached hydrogens (tertiary/aromatic N) is 3. The van der Waals surface area contributed by atoms with Gasteiger partial charge < -0.3 is 10.3 Å². The van der Waals surface area contributed by atoms with Gasteiger partial charge in [-0.05, 0) is 18.9 Å². The molecule has 0 radical (unpaired) electrons. The number of non-ortho nitro benzene ring substituents is 1. The van der Waals surface area contributed by atoms with Gasteiger partial charge in [-0.1, -0.05) is 24.6 Å². The maximum atomic E-state index is 10.8. The molecule has 7 nitrogen and oxygen atoms in total. The predicted molar refractivity (Wildman–Crippen MR) is 73.0 cm³/mol. The van der Waals surface area contributed by atoms with Crippen LogP contribution in [-0.4, -0.2) is 15.1 Å². The third kappa shape index (κ3) is 2.83. The number of hydrogen-bond acceptors (Lipinski definition) is 6. The molecule has 0 bridgehead atoms. The van der Waals surface area contributed by atoms with E-state index in [9.17, 15) is 10.1 Å². The van der Waals surface area contributed by atoms with E-state index in [0.717, 1.165) is 18.4 Å². The van der Waals surface area contributed by atoms with E-state index in [4.69, 9.17) is 10.3 Å². The molecule has 1 aromatic heterocycles. The van der Waals surface area contributed by atoms with Crippen LogP contribution in [0.1, 0.15) is 37.2 Å². The van der Waals surface area contributed by atoms with Crippen molar-refractivity contribution in [2.75, 3.05) is 0 Å². The van der Waals surface area contributed by atoms with E-state index in [1.807, 2.05) is 13.8 Å². The molecule has 1 heterocycles. The van der Waals surface area contributed by atoms with E-state index in [-0.39, 0.29) is 17.6 Å². The van der Waals surface area contributed by atoms with Crippen LogP contribution in [0.3, 0.4) is 0 Å². The SMILES string of the molecule is CCCC(N)c1noc(-c2cc([N+](=O)[O-])ccc2C)n1. The first kappa shape index (κ1) is 14.1. The molecule has 20 heavy (non-hydrogen) atoms. The van der Waals surface area contributed by atoms with Crippen molar-refractivity contribution in [1.82, 2.24) is 10.1 Å². The summed E-state index contributed by atoms with van der Waals surface area (Å²) in [5, 5.41) is 14.7. The van der Waals surface area contributed by atoms with Gasteiger partial charge in [0.15, 0.2) is 5.82 Å². The third-order valence-corrected chi connectivity index (χ3v) is 3.04. The molecule has 1 aromatic carbocycles. The molecule has 2 rings (SSSR count). The average Bonchev–Trinajstić information content (AvgIpc) is 2.88. The maximum Gasteiger partial charge on any atom is 0.270 e. The van der Waals surface area contributed by atoms with E-state index in [1.165, 1.54) is 12.1 Å². The van der Waals surface area contributed by atoms with Gasteiger partial charge in [-0.3, -0.25) is 10.1 Å². The highest BCUT2D eigenvalue weighted by Gasteiger charge is 2.18. The summed E-state index contributed by atoms with van der Waals surface area (Å²) in [5.41, 5.74) is 7.29. The molecule has 0 aliphatic carbocycles. The molecule has 1 atom stereocenters. The molecule has 0 aliphatic heterocycles.